The Morgan fingerprint density at radius 1 is 1.11 bits per heavy atom. The Labute approximate surface area is 206 Å². The van der Waals surface area contributed by atoms with Gasteiger partial charge in [0.05, 0.1) is 17.0 Å². The zero-order valence-electron chi connectivity index (χ0n) is 19.8. The molecule has 5 rings (SSSR count). The molecule has 180 valence electrons. The molecule has 1 saturated heterocycles. The first kappa shape index (κ1) is 23.2. The largest absolute Gasteiger partial charge is 0.355 e. The van der Waals surface area contributed by atoms with Gasteiger partial charge in [-0.2, -0.15) is 0 Å². The number of hydrogen-bond donors (Lipinski definition) is 1. The van der Waals surface area contributed by atoms with E-state index in [9.17, 15) is 9.00 Å². The standard InChI is InChI=1S/C26H28N6O2S/c1-18-5-9-21(10-6-18)32-16-23-24(30-32)28-17-29-25(23)31-13-3-4-20(15-31)26(33)27-14-19-7-11-22(12-8-19)35(2)34/h5-12,16-17,20H,3-4,13-15H2,1-2H3,(H,27,33). The number of aromatic nitrogens is 4. The number of benzene rings is 2. The number of piperidine rings is 1. The van der Waals surface area contributed by atoms with Gasteiger partial charge in [0.15, 0.2) is 5.65 Å². The fourth-order valence-corrected chi connectivity index (χ4v) is 4.94. The molecule has 1 fully saturated rings. The number of amides is 1. The Morgan fingerprint density at radius 2 is 1.89 bits per heavy atom. The van der Waals surface area contributed by atoms with E-state index in [1.54, 1.807) is 12.6 Å². The highest BCUT2D eigenvalue weighted by Gasteiger charge is 2.28. The van der Waals surface area contributed by atoms with Crippen LogP contribution in [0.3, 0.4) is 0 Å². The van der Waals surface area contributed by atoms with Crippen LogP contribution < -0.4 is 10.2 Å². The maximum atomic E-state index is 13.0. The number of rotatable bonds is 6. The number of anilines is 1. The molecule has 8 nitrogen and oxygen atoms in total. The first-order valence-electron chi connectivity index (χ1n) is 11.7. The smallest absolute Gasteiger partial charge is 0.225 e. The Hall–Kier alpha value is -3.59. The zero-order chi connectivity index (χ0) is 24.4. The van der Waals surface area contributed by atoms with Crippen LogP contribution in [-0.4, -0.2) is 49.2 Å². The Bertz CT molecular complexity index is 1370. The van der Waals surface area contributed by atoms with E-state index in [1.807, 2.05) is 47.3 Å². The number of carbonyl (C=O) groups is 1. The van der Waals surface area contributed by atoms with E-state index in [1.165, 1.54) is 5.56 Å². The van der Waals surface area contributed by atoms with Gasteiger partial charge in [0.1, 0.15) is 12.1 Å². The van der Waals surface area contributed by atoms with Gasteiger partial charge < -0.3 is 10.2 Å². The van der Waals surface area contributed by atoms with Gasteiger partial charge in [0, 0.05) is 47.8 Å². The second-order valence-electron chi connectivity index (χ2n) is 8.94. The molecule has 4 aromatic rings. The fourth-order valence-electron chi connectivity index (χ4n) is 4.42. The first-order chi connectivity index (χ1) is 17.0. The Morgan fingerprint density at radius 3 is 2.63 bits per heavy atom. The minimum atomic E-state index is -1.01. The van der Waals surface area contributed by atoms with Crippen LogP contribution >= 0.6 is 0 Å². The monoisotopic (exact) mass is 488 g/mol. The van der Waals surface area contributed by atoms with Crippen molar-refractivity contribution in [1.82, 2.24) is 25.1 Å². The number of nitrogens with one attached hydrogen (secondary N) is 1. The molecule has 0 saturated carbocycles. The van der Waals surface area contributed by atoms with Crippen LogP contribution in [0.25, 0.3) is 16.7 Å². The number of hydrogen-bond acceptors (Lipinski definition) is 6. The lowest BCUT2D eigenvalue weighted by Gasteiger charge is -2.33. The lowest BCUT2D eigenvalue weighted by Crippen LogP contribution is -2.43. The number of fused-ring (bicyclic) bond motifs is 1. The first-order valence-corrected chi connectivity index (χ1v) is 13.3. The van der Waals surface area contributed by atoms with Crippen molar-refractivity contribution in [1.29, 1.82) is 0 Å². The minimum absolute atomic E-state index is 0.0403. The Kier molecular flexibility index (Phi) is 6.59. The molecule has 0 bridgehead atoms. The molecule has 35 heavy (non-hydrogen) atoms. The summed E-state index contributed by atoms with van der Waals surface area (Å²) in [6.07, 6.45) is 6.91. The summed E-state index contributed by atoms with van der Waals surface area (Å²) >= 11 is 0. The fraction of sp³-hybridized carbons (Fsp3) is 0.308. The van der Waals surface area contributed by atoms with Crippen molar-refractivity contribution in [2.75, 3.05) is 24.2 Å². The predicted molar refractivity (Wildman–Crippen MR) is 137 cm³/mol. The van der Waals surface area contributed by atoms with Crippen molar-refractivity contribution in [2.45, 2.75) is 31.2 Å². The summed E-state index contributed by atoms with van der Waals surface area (Å²) in [5.41, 5.74) is 3.78. The molecule has 0 aliphatic carbocycles. The van der Waals surface area contributed by atoms with Gasteiger partial charge in [0.25, 0.3) is 0 Å². The van der Waals surface area contributed by atoms with Gasteiger partial charge in [-0.25, -0.2) is 14.6 Å². The van der Waals surface area contributed by atoms with Crippen LogP contribution in [0.5, 0.6) is 0 Å². The number of nitrogens with zero attached hydrogens (tertiary/aromatic N) is 5. The average Bonchev–Trinajstić information content (AvgIpc) is 3.32. The van der Waals surface area contributed by atoms with Crippen LogP contribution in [0.2, 0.25) is 0 Å². The maximum Gasteiger partial charge on any atom is 0.225 e. The summed E-state index contributed by atoms with van der Waals surface area (Å²) in [7, 11) is -1.01. The van der Waals surface area contributed by atoms with E-state index < -0.39 is 10.8 Å². The third kappa shape index (κ3) is 5.09. The average molecular weight is 489 g/mol. The van der Waals surface area contributed by atoms with Crippen LogP contribution in [0.1, 0.15) is 24.0 Å². The predicted octanol–water partition coefficient (Wildman–Crippen LogP) is 3.39. The molecule has 1 amide bonds. The van der Waals surface area contributed by atoms with Crippen LogP contribution in [0.4, 0.5) is 5.82 Å². The van der Waals surface area contributed by atoms with Gasteiger partial charge in [-0.3, -0.25) is 9.00 Å². The van der Waals surface area contributed by atoms with Crippen molar-refractivity contribution in [3.63, 3.8) is 0 Å². The third-order valence-corrected chi connectivity index (χ3v) is 7.34. The van der Waals surface area contributed by atoms with E-state index in [-0.39, 0.29) is 11.8 Å². The maximum absolute atomic E-state index is 13.0. The van der Waals surface area contributed by atoms with E-state index in [2.05, 4.69) is 44.3 Å². The lowest BCUT2D eigenvalue weighted by atomic mass is 9.97. The van der Waals surface area contributed by atoms with Crippen molar-refractivity contribution in [3.05, 3.63) is 72.2 Å². The molecule has 1 N–H and O–H groups in total. The highest BCUT2D eigenvalue weighted by Crippen LogP contribution is 2.28. The molecule has 1 aliphatic heterocycles. The van der Waals surface area contributed by atoms with Crippen LogP contribution in [0, 0.1) is 12.8 Å². The molecule has 2 atom stereocenters. The summed E-state index contributed by atoms with van der Waals surface area (Å²) < 4.78 is 13.4. The van der Waals surface area contributed by atoms with Crippen molar-refractivity contribution < 1.29 is 9.00 Å². The molecule has 1 aliphatic rings. The highest BCUT2D eigenvalue weighted by atomic mass is 32.2. The molecule has 3 heterocycles. The van der Waals surface area contributed by atoms with E-state index in [4.69, 9.17) is 0 Å². The van der Waals surface area contributed by atoms with E-state index in [0.717, 1.165) is 46.7 Å². The summed E-state index contributed by atoms with van der Waals surface area (Å²) in [6.45, 7) is 3.94. The number of aryl methyl sites for hydroxylation is 1. The van der Waals surface area contributed by atoms with Crippen LogP contribution in [0.15, 0.2) is 66.0 Å². The summed E-state index contributed by atoms with van der Waals surface area (Å²) in [5.74, 6) is 0.732. The molecule has 9 heteroatoms. The second kappa shape index (κ2) is 9.95. The summed E-state index contributed by atoms with van der Waals surface area (Å²) in [4.78, 5) is 24.9. The molecule has 0 radical (unpaired) electrons. The van der Waals surface area contributed by atoms with Crippen molar-refractivity contribution in [3.8, 4) is 5.69 Å². The minimum Gasteiger partial charge on any atom is -0.355 e. The molecule has 2 aromatic heterocycles. The van der Waals surface area contributed by atoms with Crippen LogP contribution in [-0.2, 0) is 22.1 Å². The quantitative estimate of drug-likeness (QED) is 0.447. The molecular formula is C26H28N6O2S. The highest BCUT2D eigenvalue weighted by molar-refractivity contribution is 7.84. The van der Waals surface area contributed by atoms with E-state index >= 15 is 0 Å². The topological polar surface area (TPSA) is 93.0 Å². The summed E-state index contributed by atoms with van der Waals surface area (Å²) in [5, 5.41) is 8.59. The van der Waals surface area contributed by atoms with Crippen molar-refractivity contribution in [2.24, 2.45) is 5.92 Å². The SMILES string of the molecule is Cc1ccc(-n2cc3c(N4CCCC(C(=O)NCc5ccc(S(C)=O)cc5)C4)ncnc3n2)cc1. The third-order valence-electron chi connectivity index (χ3n) is 6.41. The Balaban J connectivity index is 1.29. The molecule has 0 spiro atoms. The second-order valence-corrected chi connectivity index (χ2v) is 10.3. The van der Waals surface area contributed by atoms with Crippen molar-refractivity contribution >= 4 is 33.6 Å². The molecule has 2 unspecified atom stereocenters. The normalized spacial score (nSPS) is 16.9. The lowest BCUT2D eigenvalue weighted by molar-refractivity contribution is -0.125. The molecule has 2 aromatic carbocycles. The van der Waals surface area contributed by atoms with Gasteiger partial charge >= 0.3 is 0 Å². The summed E-state index contributed by atoms with van der Waals surface area (Å²) in [6, 6.07) is 15.7. The zero-order valence-corrected chi connectivity index (χ0v) is 20.7. The molecular weight excluding hydrogens is 460 g/mol. The van der Waals surface area contributed by atoms with Gasteiger partial charge in [-0.05, 0) is 49.6 Å². The van der Waals surface area contributed by atoms with Gasteiger partial charge in [-0.1, -0.05) is 29.8 Å². The van der Waals surface area contributed by atoms with E-state index in [0.29, 0.717) is 18.7 Å². The van der Waals surface area contributed by atoms with Gasteiger partial charge in [0.2, 0.25) is 5.91 Å². The van der Waals surface area contributed by atoms with Gasteiger partial charge in [-0.15, -0.1) is 5.10 Å². The number of carbonyl (C=O) groups excluding carboxylic acids is 1.